The van der Waals surface area contributed by atoms with E-state index in [0.717, 1.165) is 35.3 Å². The maximum atomic E-state index is 13.1. The Labute approximate surface area is 175 Å². The van der Waals surface area contributed by atoms with E-state index in [9.17, 15) is 9.59 Å². The predicted molar refractivity (Wildman–Crippen MR) is 117 cm³/mol. The molecule has 0 radical (unpaired) electrons. The first kappa shape index (κ1) is 18.3. The van der Waals surface area contributed by atoms with Crippen molar-refractivity contribution < 1.29 is 4.79 Å². The Morgan fingerprint density at radius 2 is 1.83 bits per heavy atom. The van der Waals surface area contributed by atoms with Gasteiger partial charge in [-0.1, -0.05) is 30.3 Å². The molecule has 1 saturated heterocycles. The van der Waals surface area contributed by atoms with E-state index in [1.807, 2.05) is 58.1 Å². The average Bonchev–Trinajstić information content (AvgIpc) is 3.50. The molecule has 0 aliphatic carbocycles. The number of carbonyl (C=O) groups excluding carboxylic acids is 1. The summed E-state index contributed by atoms with van der Waals surface area (Å²) < 4.78 is 1.34. The van der Waals surface area contributed by atoms with Gasteiger partial charge < -0.3 is 4.90 Å². The lowest BCUT2D eigenvalue weighted by Gasteiger charge is -2.24. The normalized spacial score (nSPS) is 16.6. The minimum atomic E-state index is -0.221. The lowest BCUT2D eigenvalue weighted by Crippen LogP contribution is -2.37. The quantitative estimate of drug-likeness (QED) is 0.486. The van der Waals surface area contributed by atoms with Gasteiger partial charge in [0.05, 0.1) is 16.3 Å². The Balaban J connectivity index is 1.53. The van der Waals surface area contributed by atoms with Crippen LogP contribution in [0.5, 0.6) is 0 Å². The number of hydrogen-bond donors (Lipinski definition) is 0. The van der Waals surface area contributed by atoms with Gasteiger partial charge in [-0.2, -0.15) is 5.10 Å². The fourth-order valence-corrected chi connectivity index (χ4v) is 5.60. The van der Waals surface area contributed by atoms with Crippen LogP contribution in [-0.4, -0.2) is 27.1 Å². The molecule has 0 saturated carbocycles. The highest BCUT2D eigenvalue weighted by Crippen LogP contribution is 2.34. The SMILES string of the molecule is O=C(Cn1nc(-c2cccs2)c2ccccc2c1=O)N1CCCC1c1cccs1. The predicted octanol–water partition coefficient (Wildman–Crippen LogP) is 4.55. The molecule has 4 heterocycles. The van der Waals surface area contributed by atoms with Gasteiger partial charge in [0.1, 0.15) is 12.2 Å². The third-order valence-corrected chi connectivity index (χ3v) is 7.20. The topological polar surface area (TPSA) is 55.2 Å². The lowest BCUT2D eigenvalue weighted by molar-refractivity contribution is -0.133. The van der Waals surface area contributed by atoms with Crippen LogP contribution in [0.4, 0.5) is 0 Å². The molecule has 0 spiro atoms. The molecule has 1 aliphatic heterocycles. The van der Waals surface area contributed by atoms with Crippen LogP contribution in [0, 0.1) is 0 Å². The highest BCUT2D eigenvalue weighted by atomic mass is 32.1. The van der Waals surface area contributed by atoms with Gasteiger partial charge in [-0.15, -0.1) is 22.7 Å². The van der Waals surface area contributed by atoms with Crippen LogP contribution in [0.15, 0.2) is 64.1 Å². The number of fused-ring (bicyclic) bond motifs is 1. The van der Waals surface area contributed by atoms with E-state index >= 15 is 0 Å². The van der Waals surface area contributed by atoms with Gasteiger partial charge in [-0.3, -0.25) is 9.59 Å². The summed E-state index contributed by atoms with van der Waals surface area (Å²) in [4.78, 5) is 30.3. The molecule has 1 fully saturated rings. The van der Waals surface area contributed by atoms with E-state index < -0.39 is 0 Å². The first-order chi connectivity index (χ1) is 14.2. The van der Waals surface area contributed by atoms with Crippen molar-refractivity contribution in [2.75, 3.05) is 6.54 Å². The van der Waals surface area contributed by atoms with Gasteiger partial charge in [0, 0.05) is 16.8 Å². The highest BCUT2D eigenvalue weighted by Gasteiger charge is 2.31. The van der Waals surface area contributed by atoms with E-state index in [1.165, 1.54) is 9.56 Å². The fourth-order valence-electron chi connectivity index (χ4n) is 4.00. The Bertz CT molecular complexity index is 1210. The minimum Gasteiger partial charge on any atom is -0.333 e. The number of aromatic nitrogens is 2. The molecule has 146 valence electrons. The highest BCUT2D eigenvalue weighted by molar-refractivity contribution is 7.13. The molecule has 3 aromatic heterocycles. The van der Waals surface area contributed by atoms with Crippen molar-refractivity contribution in [3.8, 4) is 10.6 Å². The zero-order valence-electron chi connectivity index (χ0n) is 15.7. The molecule has 0 bridgehead atoms. The van der Waals surface area contributed by atoms with Crippen LogP contribution >= 0.6 is 22.7 Å². The average molecular weight is 422 g/mol. The maximum absolute atomic E-state index is 13.1. The van der Waals surface area contributed by atoms with Gasteiger partial charge in [-0.25, -0.2) is 4.68 Å². The van der Waals surface area contributed by atoms with Crippen LogP contribution in [0.3, 0.4) is 0 Å². The van der Waals surface area contributed by atoms with E-state index in [2.05, 4.69) is 11.2 Å². The molecule has 1 aliphatic rings. The standard InChI is InChI=1S/C22H19N3O2S2/c26-20(24-11-3-8-17(24)18-9-4-12-28-18)14-25-22(27)16-7-2-1-6-15(16)21(23-25)19-10-5-13-29-19/h1-2,4-7,9-10,12-13,17H,3,8,11,14H2. The first-order valence-corrected chi connectivity index (χ1v) is 11.3. The number of carbonyl (C=O) groups is 1. The second-order valence-electron chi connectivity index (χ2n) is 7.09. The second-order valence-corrected chi connectivity index (χ2v) is 9.02. The van der Waals surface area contributed by atoms with E-state index in [0.29, 0.717) is 5.39 Å². The third-order valence-electron chi connectivity index (χ3n) is 5.35. The second kappa shape index (κ2) is 7.57. The summed E-state index contributed by atoms with van der Waals surface area (Å²) in [5, 5.41) is 10.1. The fraction of sp³-hybridized carbons (Fsp3) is 0.227. The van der Waals surface area contributed by atoms with Crippen molar-refractivity contribution in [3.05, 3.63) is 74.5 Å². The summed E-state index contributed by atoms with van der Waals surface area (Å²) in [7, 11) is 0. The van der Waals surface area contributed by atoms with Crippen LogP contribution in [0.1, 0.15) is 23.8 Å². The molecule has 5 nitrogen and oxygen atoms in total. The number of nitrogens with zero attached hydrogens (tertiary/aromatic N) is 3. The summed E-state index contributed by atoms with van der Waals surface area (Å²) in [6, 6.07) is 15.6. The maximum Gasteiger partial charge on any atom is 0.275 e. The summed E-state index contributed by atoms with van der Waals surface area (Å²) in [5.41, 5.74) is 0.528. The zero-order valence-corrected chi connectivity index (χ0v) is 17.3. The van der Waals surface area contributed by atoms with Crippen molar-refractivity contribution in [1.82, 2.24) is 14.7 Å². The molecule has 1 atom stereocenters. The molecule has 1 aromatic carbocycles. The Morgan fingerprint density at radius 1 is 1.03 bits per heavy atom. The summed E-state index contributed by atoms with van der Waals surface area (Å²) >= 11 is 3.25. The van der Waals surface area contributed by atoms with Gasteiger partial charge in [0.15, 0.2) is 0 Å². The van der Waals surface area contributed by atoms with Crippen molar-refractivity contribution in [1.29, 1.82) is 0 Å². The van der Waals surface area contributed by atoms with Crippen LogP contribution in [-0.2, 0) is 11.3 Å². The van der Waals surface area contributed by atoms with Crippen molar-refractivity contribution in [2.24, 2.45) is 0 Å². The molecule has 5 rings (SSSR count). The molecule has 4 aromatic rings. The summed E-state index contributed by atoms with van der Waals surface area (Å²) in [5.74, 6) is -0.0529. The van der Waals surface area contributed by atoms with Crippen LogP contribution < -0.4 is 5.56 Å². The van der Waals surface area contributed by atoms with E-state index in [4.69, 9.17) is 0 Å². The van der Waals surface area contributed by atoms with Gasteiger partial charge >= 0.3 is 0 Å². The van der Waals surface area contributed by atoms with E-state index in [-0.39, 0.29) is 24.1 Å². The van der Waals surface area contributed by atoms with Crippen molar-refractivity contribution in [3.63, 3.8) is 0 Å². The summed E-state index contributed by atoms with van der Waals surface area (Å²) in [6.07, 6.45) is 1.95. The molecule has 1 unspecified atom stereocenters. The largest absolute Gasteiger partial charge is 0.333 e. The van der Waals surface area contributed by atoms with Gasteiger partial charge in [0.2, 0.25) is 5.91 Å². The molecule has 7 heteroatoms. The molecule has 1 amide bonds. The third kappa shape index (κ3) is 3.30. The minimum absolute atomic E-state index is 0.0378. The van der Waals surface area contributed by atoms with Gasteiger partial charge in [-0.05, 0) is 41.8 Å². The Morgan fingerprint density at radius 3 is 2.59 bits per heavy atom. The van der Waals surface area contributed by atoms with Crippen LogP contribution in [0.25, 0.3) is 21.3 Å². The molecular formula is C22H19N3O2S2. The number of benzene rings is 1. The number of thiophene rings is 2. The number of hydrogen-bond acceptors (Lipinski definition) is 5. The first-order valence-electron chi connectivity index (χ1n) is 9.59. The lowest BCUT2D eigenvalue weighted by atomic mass is 10.1. The van der Waals surface area contributed by atoms with Crippen molar-refractivity contribution >= 4 is 39.4 Å². The van der Waals surface area contributed by atoms with Crippen LogP contribution in [0.2, 0.25) is 0 Å². The van der Waals surface area contributed by atoms with Crippen molar-refractivity contribution in [2.45, 2.75) is 25.4 Å². The zero-order chi connectivity index (χ0) is 19.8. The smallest absolute Gasteiger partial charge is 0.275 e. The molecule has 0 N–H and O–H groups in total. The Hall–Kier alpha value is -2.77. The van der Waals surface area contributed by atoms with E-state index in [1.54, 1.807) is 22.7 Å². The monoisotopic (exact) mass is 421 g/mol. The summed E-state index contributed by atoms with van der Waals surface area (Å²) in [6.45, 7) is 0.686. The molecule has 29 heavy (non-hydrogen) atoms. The number of amides is 1. The number of rotatable bonds is 4. The van der Waals surface area contributed by atoms with Gasteiger partial charge in [0.25, 0.3) is 5.56 Å². The molecular weight excluding hydrogens is 402 g/mol. The number of likely N-dealkylation sites (tertiary alicyclic amines) is 1. The Kier molecular flexibility index (Phi) is 4.77.